The summed E-state index contributed by atoms with van der Waals surface area (Å²) in [4.78, 5) is 30.7. The maximum atomic E-state index is 12.2. The van der Waals surface area contributed by atoms with Crippen molar-refractivity contribution in [1.29, 1.82) is 0 Å². The van der Waals surface area contributed by atoms with Gasteiger partial charge in [-0.2, -0.15) is 4.98 Å². The van der Waals surface area contributed by atoms with Crippen molar-refractivity contribution >= 4 is 44.9 Å². The van der Waals surface area contributed by atoms with E-state index in [4.69, 9.17) is 16.3 Å². The molecule has 1 aromatic heterocycles. The molecule has 11 heteroatoms. The fourth-order valence-electron chi connectivity index (χ4n) is 2.14. The Labute approximate surface area is 172 Å². The molecule has 2 aromatic carbocycles. The SMILES string of the molecule is O=C(NNc1ncnc(Oc2ccc(Br)cc2)c1[N+](=O)[O-])c1ccccc1Cl. The van der Waals surface area contributed by atoms with Crippen LogP contribution < -0.4 is 15.6 Å². The molecule has 1 amide bonds. The molecule has 3 aromatic rings. The van der Waals surface area contributed by atoms with Gasteiger partial charge < -0.3 is 4.74 Å². The summed E-state index contributed by atoms with van der Waals surface area (Å²) in [6.45, 7) is 0. The number of aromatic nitrogens is 2. The van der Waals surface area contributed by atoms with Gasteiger partial charge in [-0.15, -0.1) is 0 Å². The Morgan fingerprint density at radius 3 is 2.54 bits per heavy atom. The topological polar surface area (TPSA) is 119 Å². The Morgan fingerprint density at radius 2 is 1.86 bits per heavy atom. The molecule has 0 radical (unpaired) electrons. The molecular weight excluding hydrogens is 454 g/mol. The molecule has 0 unspecified atom stereocenters. The fraction of sp³-hybridized carbons (Fsp3) is 0. The highest BCUT2D eigenvalue weighted by atomic mass is 79.9. The zero-order valence-electron chi connectivity index (χ0n) is 13.9. The number of nitro groups is 1. The molecule has 0 aliphatic carbocycles. The Kier molecular flexibility index (Phi) is 6.02. The number of halogens is 2. The van der Waals surface area contributed by atoms with Gasteiger partial charge in [-0.3, -0.25) is 25.8 Å². The number of ether oxygens (including phenoxy) is 1. The number of carbonyl (C=O) groups excluding carboxylic acids is 1. The van der Waals surface area contributed by atoms with Gasteiger partial charge in [0.2, 0.25) is 5.82 Å². The van der Waals surface area contributed by atoms with Gasteiger partial charge in [0.1, 0.15) is 12.1 Å². The second kappa shape index (κ2) is 8.63. The molecule has 2 N–H and O–H groups in total. The molecule has 0 atom stereocenters. The quantitative estimate of drug-likeness (QED) is 0.411. The lowest BCUT2D eigenvalue weighted by Gasteiger charge is -2.11. The number of hydrazine groups is 1. The lowest BCUT2D eigenvalue weighted by molar-refractivity contribution is -0.385. The number of hydrogen-bond donors (Lipinski definition) is 2. The van der Waals surface area contributed by atoms with E-state index in [0.29, 0.717) is 5.75 Å². The van der Waals surface area contributed by atoms with Crippen molar-refractivity contribution in [2.75, 3.05) is 5.43 Å². The average molecular weight is 465 g/mol. The first kappa shape index (κ1) is 19.5. The normalized spacial score (nSPS) is 10.2. The summed E-state index contributed by atoms with van der Waals surface area (Å²) in [5.41, 5.74) is 4.39. The van der Waals surface area contributed by atoms with E-state index in [1.807, 2.05) is 0 Å². The van der Waals surface area contributed by atoms with Gasteiger partial charge in [0.25, 0.3) is 5.91 Å². The molecule has 1 heterocycles. The maximum absolute atomic E-state index is 12.2. The van der Waals surface area contributed by atoms with Crippen LogP contribution in [0.1, 0.15) is 10.4 Å². The summed E-state index contributed by atoms with van der Waals surface area (Å²) < 4.78 is 6.31. The lowest BCUT2D eigenvalue weighted by atomic mass is 10.2. The molecule has 0 aliphatic heterocycles. The molecule has 0 aliphatic rings. The number of carbonyl (C=O) groups is 1. The van der Waals surface area contributed by atoms with E-state index in [1.165, 1.54) is 6.07 Å². The van der Waals surface area contributed by atoms with Gasteiger partial charge >= 0.3 is 11.6 Å². The van der Waals surface area contributed by atoms with E-state index in [0.717, 1.165) is 10.8 Å². The van der Waals surface area contributed by atoms with Crippen LogP contribution in [0.25, 0.3) is 0 Å². The van der Waals surface area contributed by atoms with E-state index in [1.54, 1.807) is 42.5 Å². The van der Waals surface area contributed by atoms with E-state index in [-0.39, 0.29) is 22.3 Å². The van der Waals surface area contributed by atoms with Gasteiger partial charge in [-0.1, -0.05) is 39.7 Å². The highest BCUT2D eigenvalue weighted by molar-refractivity contribution is 9.10. The molecule has 0 saturated heterocycles. The van der Waals surface area contributed by atoms with Crippen LogP contribution in [0.2, 0.25) is 5.02 Å². The minimum absolute atomic E-state index is 0.194. The van der Waals surface area contributed by atoms with Crippen molar-refractivity contribution < 1.29 is 14.5 Å². The predicted octanol–water partition coefficient (Wildman–Crippen LogP) is 4.35. The highest BCUT2D eigenvalue weighted by Crippen LogP contribution is 2.34. The molecule has 0 saturated carbocycles. The van der Waals surface area contributed by atoms with Crippen molar-refractivity contribution in [3.8, 4) is 11.6 Å². The lowest BCUT2D eigenvalue weighted by Crippen LogP contribution is -2.30. The summed E-state index contributed by atoms with van der Waals surface area (Å²) in [5.74, 6) is -0.769. The monoisotopic (exact) mass is 463 g/mol. The second-order valence-electron chi connectivity index (χ2n) is 5.25. The van der Waals surface area contributed by atoms with Crippen molar-refractivity contribution in [3.63, 3.8) is 0 Å². The fourth-order valence-corrected chi connectivity index (χ4v) is 2.62. The van der Waals surface area contributed by atoms with Gasteiger partial charge in [0, 0.05) is 4.47 Å². The third-order valence-electron chi connectivity index (χ3n) is 3.41. The standard InChI is InChI=1S/C17H11BrClN5O4/c18-10-5-7-11(8-6-10)28-17-14(24(26)27)15(20-9-21-17)22-23-16(25)12-3-1-2-4-13(12)19/h1-9H,(H,23,25)(H,20,21,22). The number of hydrogen-bond acceptors (Lipinski definition) is 7. The Balaban J connectivity index is 1.83. The molecule has 28 heavy (non-hydrogen) atoms. The summed E-state index contributed by atoms with van der Waals surface area (Å²) in [5, 5.41) is 11.8. The van der Waals surface area contributed by atoms with Crippen LogP contribution in [0.5, 0.6) is 11.6 Å². The van der Waals surface area contributed by atoms with Crippen LogP contribution >= 0.6 is 27.5 Å². The van der Waals surface area contributed by atoms with Crippen molar-refractivity contribution in [3.05, 3.63) is 80.0 Å². The second-order valence-corrected chi connectivity index (χ2v) is 6.57. The maximum Gasteiger partial charge on any atom is 0.374 e. The van der Waals surface area contributed by atoms with Crippen LogP contribution in [0, 0.1) is 10.1 Å². The highest BCUT2D eigenvalue weighted by Gasteiger charge is 2.25. The molecule has 3 rings (SSSR count). The van der Waals surface area contributed by atoms with Gasteiger partial charge in [-0.25, -0.2) is 4.98 Å². The molecular formula is C17H11BrClN5O4. The van der Waals surface area contributed by atoms with Crippen molar-refractivity contribution in [1.82, 2.24) is 15.4 Å². The number of anilines is 1. The number of benzene rings is 2. The zero-order valence-corrected chi connectivity index (χ0v) is 16.3. The third kappa shape index (κ3) is 4.53. The van der Waals surface area contributed by atoms with Crippen molar-refractivity contribution in [2.45, 2.75) is 0 Å². The zero-order chi connectivity index (χ0) is 20.1. The molecule has 0 spiro atoms. The van der Waals surface area contributed by atoms with E-state index in [9.17, 15) is 14.9 Å². The summed E-state index contributed by atoms with van der Waals surface area (Å²) in [6.07, 6.45) is 1.07. The minimum Gasteiger partial charge on any atom is -0.434 e. The van der Waals surface area contributed by atoms with Crippen LogP contribution in [0.4, 0.5) is 11.5 Å². The van der Waals surface area contributed by atoms with E-state index in [2.05, 4.69) is 36.7 Å². The molecule has 0 bridgehead atoms. The summed E-state index contributed by atoms with van der Waals surface area (Å²) in [7, 11) is 0. The van der Waals surface area contributed by atoms with E-state index >= 15 is 0 Å². The molecule has 0 fully saturated rings. The van der Waals surface area contributed by atoms with Gasteiger partial charge in [-0.05, 0) is 36.4 Å². The van der Waals surface area contributed by atoms with Crippen LogP contribution in [-0.2, 0) is 0 Å². The Morgan fingerprint density at radius 1 is 1.14 bits per heavy atom. The number of rotatable bonds is 6. The van der Waals surface area contributed by atoms with Gasteiger partial charge in [0.05, 0.1) is 15.5 Å². The number of nitrogens with zero attached hydrogens (tertiary/aromatic N) is 3. The first-order valence-electron chi connectivity index (χ1n) is 7.69. The molecule has 9 nitrogen and oxygen atoms in total. The number of nitrogens with one attached hydrogen (secondary N) is 2. The third-order valence-corrected chi connectivity index (χ3v) is 4.27. The van der Waals surface area contributed by atoms with E-state index < -0.39 is 16.5 Å². The van der Waals surface area contributed by atoms with Crippen LogP contribution in [0.15, 0.2) is 59.3 Å². The minimum atomic E-state index is -0.710. The Bertz CT molecular complexity index is 1030. The average Bonchev–Trinajstić information content (AvgIpc) is 2.68. The largest absolute Gasteiger partial charge is 0.434 e. The predicted molar refractivity (Wildman–Crippen MR) is 105 cm³/mol. The first-order valence-corrected chi connectivity index (χ1v) is 8.86. The van der Waals surface area contributed by atoms with Crippen molar-refractivity contribution in [2.24, 2.45) is 0 Å². The number of amides is 1. The van der Waals surface area contributed by atoms with Crippen LogP contribution in [-0.4, -0.2) is 20.8 Å². The molecule has 142 valence electrons. The Hall–Kier alpha value is -3.24. The van der Waals surface area contributed by atoms with Crippen LogP contribution in [0.3, 0.4) is 0 Å². The van der Waals surface area contributed by atoms with Gasteiger partial charge in [0.15, 0.2) is 0 Å². The summed E-state index contributed by atoms with van der Waals surface area (Å²) >= 11 is 9.25. The first-order chi connectivity index (χ1) is 13.5. The summed E-state index contributed by atoms with van der Waals surface area (Å²) in [6, 6.07) is 13.0. The smallest absolute Gasteiger partial charge is 0.374 e.